The summed E-state index contributed by atoms with van der Waals surface area (Å²) >= 11 is 0. The smallest absolute Gasteiger partial charge is 0.222 e. The molecule has 1 aromatic carbocycles. The van der Waals surface area contributed by atoms with Crippen molar-refractivity contribution in [3.63, 3.8) is 0 Å². The molecule has 1 atom stereocenters. The number of para-hydroxylation sites is 2. The molecule has 2 aromatic rings. The molecule has 2 fully saturated rings. The van der Waals surface area contributed by atoms with E-state index >= 15 is 0 Å². The minimum Gasteiger partial charge on any atom is -0.440 e. The number of carbonyl (C=O) groups is 1. The number of rotatable bonds is 6. The number of likely N-dealkylation sites (tertiary alicyclic amines) is 1. The Kier molecular flexibility index (Phi) is 6.10. The Morgan fingerprint density at radius 2 is 2.04 bits per heavy atom. The monoisotopic (exact) mass is 390 g/mol. The predicted octanol–water partition coefficient (Wildman–Crippen LogP) is 5.25. The third-order valence-electron chi connectivity index (χ3n) is 5.40. The van der Waals surface area contributed by atoms with Crippen LogP contribution >= 0.6 is 21.6 Å². The van der Waals surface area contributed by atoms with Gasteiger partial charge in [-0.3, -0.25) is 4.79 Å². The molecule has 4 nitrogen and oxygen atoms in total. The third kappa shape index (κ3) is 4.39. The van der Waals surface area contributed by atoms with Crippen LogP contribution in [0.4, 0.5) is 0 Å². The second-order valence-corrected chi connectivity index (χ2v) is 10.0. The molecular formula is C20H26N2O2S2. The van der Waals surface area contributed by atoms with Crippen molar-refractivity contribution < 1.29 is 9.21 Å². The van der Waals surface area contributed by atoms with Gasteiger partial charge in [-0.1, -0.05) is 40.1 Å². The zero-order chi connectivity index (χ0) is 17.8. The lowest BCUT2D eigenvalue weighted by Crippen LogP contribution is -2.37. The van der Waals surface area contributed by atoms with Crippen LogP contribution in [0.25, 0.3) is 11.1 Å². The zero-order valence-electron chi connectivity index (χ0n) is 15.1. The largest absolute Gasteiger partial charge is 0.440 e. The molecule has 1 amide bonds. The molecule has 0 radical (unpaired) electrons. The number of hydrogen-bond acceptors (Lipinski definition) is 5. The summed E-state index contributed by atoms with van der Waals surface area (Å²) in [5, 5.41) is 0.821. The van der Waals surface area contributed by atoms with Crippen LogP contribution in [0, 0.1) is 0 Å². The van der Waals surface area contributed by atoms with E-state index in [0.717, 1.165) is 54.6 Å². The summed E-state index contributed by atoms with van der Waals surface area (Å²) in [6, 6.07) is 7.92. The number of benzene rings is 1. The first-order chi connectivity index (χ1) is 12.8. The highest BCUT2D eigenvalue weighted by Gasteiger charge is 2.26. The quantitative estimate of drug-likeness (QED) is 0.498. The number of carbonyl (C=O) groups excluding carboxylic acids is 1. The maximum Gasteiger partial charge on any atom is 0.222 e. The Balaban J connectivity index is 1.20. The number of fused-ring (bicyclic) bond motifs is 1. The van der Waals surface area contributed by atoms with Gasteiger partial charge in [-0.25, -0.2) is 4.98 Å². The van der Waals surface area contributed by atoms with Gasteiger partial charge in [0.05, 0.1) is 0 Å². The van der Waals surface area contributed by atoms with E-state index in [1.807, 2.05) is 50.8 Å². The maximum absolute atomic E-state index is 12.5. The fourth-order valence-electron chi connectivity index (χ4n) is 3.81. The van der Waals surface area contributed by atoms with E-state index in [1.165, 1.54) is 25.0 Å². The van der Waals surface area contributed by atoms with Gasteiger partial charge >= 0.3 is 0 Å². The van der Waals surface area contributed by atoms with Gasteiger partial charge in [0.15, 0.2) is 11.5 Å². The van der Waals surface area contributed by atoms with Crippen molar-refractivity contribution >= 4 is 38.6 Å². The molecule has 26 heavy (non-hydrogen) atoms. The van der Waals surface area contributed by atoms with E-state index in [2.05, 4.69) is 4.98 Å². The van der Waals surface area contributed by atoms with Crippen molar-refractivity contribution in [1.82, 2.24) is 9.88 Å². The maximum atomic E-state index is 12.5. The summed E-state index contributed by atoms with van der Waals surface area (Å²) in [5.41, 5.74) is 1.79. The standard InChI is InChI=1S/C20H26N2O2S2/c23-19(8-4-1-5-16-11-14-25-26-16)22-12-9-15(10-13-22)20-21-17-6-2-3-7-18(17)24-20/h2-3,6-7,15-16H,1,4-5,8-14H2. The zero-order valence-corrected chi connectivity index (χ0v) is 16.7. The fourth-order valence-corrected chi connectivity index (χ4v) is 6.84. The number of nitrogens with zero attached hydrogens (tertiary/aromatic N) is 2. The van der Waals surface area contributed by atoms with Gasteiger partial charge in [-0.15, -0.1) is 0 Å². The van der Waals surface area contributed by atoms with E-state index in [0.29, 0.717) is 18.2 Å². The van der Waals surface area contributed by atoms with Crippen molar-refractivity contribution in [2.45, 2.75) is 56.1 Å². The fraction of sp³-hybridized carbons (Fsp3) is 0.600. The van der Waals surface area contributed by atoms with Crippen molar-refractivity contribution in [2.24, 2.45) is 0 Å². The van der Waals surface area contributed by atoms with Gasteiger partial charge in [-0.05, 0) is 44.2 Å². The van der Waals surface area contributed by atoms with Gasteiger partial charge in [0.25, 0.3) is 0 Å². The first kappa shape index (κ1) is 18.2. The Bertz CT molecular complexity index is 701. The number of hydrogen-bond donors (Lipinski definition) is 0. The average Bonchev–Trinajstić information content (AvgIpc) is 3.34. The lowest BCUT2D eigenvalue weighted by molar-refractivity contribution is -0.132. The lowest BCUT2D eigenvalue weighted by atomic mass is 9.96. The van der Waals surface area contributed by atoms with Crippen LogP contribution in [0.2, 0.25) is 0 Å². The molecule has 0 saturated carbocycles. The van der Waals surface area contributed by atoms with Crippen molar-refractivity contribution in [2.75, 3.05) is 18.8 Å². The van der Waals surface area contributed by atoms with Crippen molar-refractivity contribution in [3.8, 4) is 0 Å². The lowest BCUT2D eigenvalue weighted by Gasteiger charge is -2.30. The molecule has 4 rings (SSSR count). The molecule has 0 spiro atoms. The normalized spacial score (nSPS) is 21.5. The molecular weight excluding hydrogens is 364 g/mol. The van der Waals surface area contributed by atoms with Crippen LogP contribution in [0.5, 0.6) is 0 Å². The molecule has 2 aliphatic heterocycles. The van der Waals surface area contributed by atoms with Gasteiger partial charge in [0, 0.05) is 36.4 Å². The Hall–Kier alpha value is -1.14. The topological polar surface area (TPSA) is 46.3 Å². The molecule has 0 aliphatic carbocycles. The van der Waals surface area contributed by atoms with Crippen LogP contribution in [0.3, 0.4) is 0 Å². The molecule has 1 unspecified atom stereocenters. The highest BCUT2D eigenvalue weighted by atomic mass is 33.1. The van der Waals surface area contributed by atoms with E-state index in [-0.39, 0.29) is 0 Å². The molecule has 140 valence electrons. The van der Waals surface area contributed by atoms with E-state index < -0.39 is 0 Å². The highest BCUT2D eigenvalue weighted by molar-refractivity contribution is 8.77. The number of aromatic nitrogens is 1. The molecule has 6 heteroatoms. The summed E-state index contributed by atoms with van der Waals surface area (Å²) in [7, 11) is 4.03. The molecule has 2 aliphatic rings. The summed E-state index contributed by atoms with van der Waals surface area (Å²) in [5.74, 6) is 2.80. The predicted molar refractivity (Wildman–Crippen MR) is 109 cm³/mol. The summed E-state index contributed by atoms with van der Waals surface area (Å²) in [6.07, 6.45) is 7.44. The van der Waals surface area contributed by atoms with Crippen molar-refractivity contribution in [3.05, 3.63) is 30.2 Å². The molecule has 2 saturated heterocycles. The second kappa shape index (κ2) is 8.70. The first-order valence-electron chi connectivity index (χ1n) is 9.71. The number of unbranched alkanes of at least 4 members (excludes halogenated alkanes) is 1. The first-order valence-corrected chi connectivity index (χ1v) is 12.1. The minimum absolute atomic E-state index is 0.328. The summed E-state index contributed by atoms with van der Waals surface area (Å²) in [4.78, 5) is 19.1. The second-order valence-electron chi connectivity index (χ2n) is 7.25. The van der Waals surface area contributed by atoms with Gasteiger partial charge in [0.1, 0.15) is 5.52 Å². The average molecular weight is 391 g/mol. The molecule has 1 aromatic heterocycles. The Morgan fingerprint density at radius 3 is 2.81 bits per heavy atom. The van der Waals surface area contributed by atoms with Crippen LogP contribution in [0.1, 0.15) is 56.8 Å². The van der Waals surface area contributed by atoms with Crippen LogP contribution in [-0.4, -0.2) is 39.9 Å². The summed E-state index contributed by atoms with van der Waals surface area (Å²) < 4.78 is 5.91. The van der Waals surface area contributed by atoms with E-state index in [4.69, 9.17) is 4.42 Å². The van der Waals surface area contributed by atoms with Gasteiger partial charge in [0.2, 0.25) is 5.91 Å². The SMILES string of the molecule is O=C(CCCCC1CCSS1)N1CCC(c2nc3ccccc3o2)CC1. The van der Waals surface area contributed by atoms with Gasteiger partial charge < -0.3 is 9.32 Å². The van der Waals surface area contributed by atoms with Crippen LogP contribution in [0.15, 0.2) is 28.7 Å². The van der Waals surface area contributed by atoms with Crippen LogP contribution in [-0.2, 0) is 4.79 Å². The third-order valence-corrected chi connectivity index (χ3v) is 8.41. The van der Waals surface area contributed by atoms with Gasteiger partial charge in [-0.2, -0.15) is 0 Å². The molecule has 0 N–H and O–H groups in total. The number of piperidine rings is 1. The number of oxazole rings is 1. The molecule has 0 bridgehead atoms. The van der Waals surface area contributed by atoms with Crippen LogP contribution < -0.4 is 0 Å². The highest BCUT2D eigenvalue weighted by Crippen LogP contribution is 2.40. The summed E-state index contributed by atoms with van der Waals surface area (Å²) in [6.45, 7) is 1.66. The Morgan fingerprint density at radius 1 is 1.19 bits per heavy atom. The minimum atomic E-state index is 0.328. The van der Waals surface area contributed by atoms with E-state index in [9.17, 15) is 4.79 Å². The Labute approximate surface area is 162 Å². The van der Waals surface area contributed by atoms with Crippen molar-refractivity contribution in [1.29, 1.82) is 0 Å². The molecule has 3 heterocycles. The number of amides is 1. The van der Waals surface area contributed by atoms with E-state index in [1.54, 1.807) is 0 Å².